The number of halogens is 1. The zero-order chi connectivity index (χ0) is 11.5. The number of amides is 1. The Bertz CT molecular complexity index is 519. The fourth-order valence-electron chi connectivity index (χ4n) is 1.62. The van der Waals surface area contributed by atoms with Gasteiger partial charge in [0.1, 0.15) is 5.58 Å². The summed E-state index contributed by atoms with van der Waals surface area (Å²) in [7, 11) is 0. The van der Waals surface area contributed by atoms with E-state index in [9.17, 15) is 4.79 Å². The van der Waals surface area contributed by atoms with Gasteiger partial charge in [0.2, 0.25) is 5.91 Å². The first-order valence-electron chi connectivity index (χ1n) is 5.07. The molecule has 2 rings (SSSR count). The van der Waals surface area contributed by atoms with Crippen LogP contribution in [0.5, 0.6) is 0 Å². The van der Waals surface area contributed by atoms with Gasteiger partial charge < -0.3 is 9.73 Å². The molecule has 0 saturated carbocycles. The Hall–Kier alpha value is -1.04. The summed E-state index contributed by atoms with van der Waals surface area (Å²) in [6.07, 6.45) is 2.56. The summed E-state index contributed by atoms with van der Waals surface area (Å²) in [6, 6.07) is 6.09. The summed E-state index contributed by atoms with van der Waals surface area (Å²) in [5, 5.41) is 3.92. The second kappa shape index (κ2) is 4.86. The van der Waals surface area contributed by atoms with Crippen molar-refractivity contribution < 1.29 is 9.21 Å². The highest BCUT2D eigenvalue weighted by atomic mass is 127. The number of furan rings is 1. The van der Waals surface area contributed by atoms with Crippen LogP contribution in [0.2, 0.25) is 0 Å². The highest BCUT2D eigenvalue weighted by Crippen LogP contribution is 2.23. The lowest BCUT2D eigenvalue weighted by Crippen LogP contribution is -2.22. The maximum absolute atomic E-state index is 10.8. The van der Waals surface area contributed by atoms with Crippen molar-refractivity contribution in [3.05, 3.63) is 33.6 Å². The molecule has 4 heteroatoms. The number of carbonyl (C=O) groups is 1. The van der Waals surface area contributed by atoms with Crippen molar-refractivity contribution in [1.82, 2.24) is 5.32 Å². The average molecular weight is 329 g/mol. The first kappa shape index (κ1) is 11.4. The van der Waals surface area contributed by atoms with E-state index in [0.29, 0.717) is 6.54 Å². The highest BCUT2D eigenvalue weighted by Gasteiger charge is 2.06. The molecule has 0 spiro atoms. The lowest BCUT2D eigenvalue weighted by molar-refractivity contribution is -0.118. The Morgan fingerprint density at radius 1 is 1.50 bits per heavy atom. The Morgan fingerprint density at radius 3 is 3.06 bits per heavy atom. The van der Waals surface area contributed by atoms with Crippen molar-refractivity contribution in [3.8, 4) is 0 Å². The van der Waals surface area contributed by atoms with Crippen molar-refractivity contribution in [3.63, 3.8) is 0 Å². The highest BCUT2D eigenvalue weighted by molar-refractivity contribution is 14.1. The molecule has 0 aliphatic carbocycles. The fourth-order valence-corrected chi connectivity index (χ4v) is 2.11. The van der Waals surface area contributed by atoms with Gasteiger partial charge in [0.05, 0.1) is 6.26 Å². The van der Waals surface area contributed by atoms with Crippen LogP contribution < -0.4 is 5.32 Å². The molecule has 0 fully saturated rings. The average Bonchev–Trinajstić information content (AvgIpc) is 2.60. The first-order chi connectivity index (χ1) is 7.66. The maximum atomic E-state index is 10.8. The molecule has 1 aromatic heterocycles. The van der Waals surface area contributed by atoms with E-state index in [4.69, 9.17) is 4.42 Å². The van der Waals surface area contributed by atoms with Gasteiger partial charge in [-0.3, -0.25) is 4.79 Å². The molecule has 0 radical (unpaired) electrons. The summed E-state index contributed by atoms with van der Waals surface area (Å²) < 4.78 is 6.63. The molecule has 16 heavy (non-hydrogen) atoms. The smallest absolute Gasteiger partial charge is 0.216 e. The molecule has 1 heterocycles. The van der Waals surface area contributed by atoms with Gasteiger partial charge in [-0.15, -0.1) is 0 Å². The molecule has 0 aliphatic rings. The summed E-state index contributed by atoms with van der Waals surface area (Å²) in [5.41, 5.74) is 2.04. The number of nitrogens with one attached hydrogen (secondary N) is 1. The second-order valence-electron chi connectivity index (χ2n) is 3.63. The normalized spacial score (nSPS) is 10.6. The van der Waals surface area contributed by atoms with E-state index >= 15 is 0 Å². The molecule has 2 aromatic rings. The number of carbonyl (C=O) groups excluding carboxylic acids is 1. The minimum atomic E-state index is 0.00220. The van der Waals surface area contributed by atoms with Gasteiger partial charge >= 0.3 is 0 Å². The van der Waals surface area contributed by atoms with Gasteiger partial charge in [0, 0.05) is 22.4 Å². The van der Waals surface area contributed by atoms with Gasteiger partial charge in [-0.2, -0.15) is 0 Å². The third-order valence-corrected chi connectivity index (χ3v) is 3.05. The predicted octanol–water partition coefficient (Wildman–Crippen LogP) is 2.72. The van der Waals surface area contributed by atoms with Gasteiger partial charge in [0.15, 0.2) is 0 Å². The molecule has 0 aliphatic heterocycles. The van der Waals surface area contributed by atoms with Crippen LogP contribution in [0.15, 0.2) is 28.9 Å². The van der Waals surface area contributed by atoms with Crippen LogP contribution in [0.3, 0.4) is 0 Å². The first-order valence-corrected chi connectivity index (χ1v) is 6.15. The van der Waals surface area contributed by atoms with Gasteiger partial charge in [0.25, 0.3) is 0 Å². The van der Waals surface area contributed by atoms with Crippen LogP contribution in [-0.4, -0.2) is 12.5 Å². The molecule has 0 unspecified atom stereocenters. The van der Waals surface area contributed by atoms with E-state index in [1.165, 1.54) is 10.5 Å². The van der Waals surface area contributed by atoms with Crippen molar-refractivity contribution in [2.24, 2.45) is 0 Å². The summed E-state index contributed by atoms with van der Waals surface area (Å²) in [4.78, 5) is 10.8. The third-order valence-electron chi connectivity index (χ3n) is 2.38. The second-order valence-corrected chi connectivity index (χ2v) is 4.88. The number of hydrogen-bond acceptors (Lipinski definition) is 2. The van der Waals surface area contributed by atoms with Crippen molar-refractivity contribution in [1.29, 1.82) is 0 Å². The van der Waals surface area contributed by atoms with Crippen molar-refractivity contribution in [2.45, 2.75) is 13.3 Å². The quantitative estimate of drug-likeness (QED) is 0.880. The number of benzene rings is 1. The van der Waals surface area contributed by atoms with Crippen LogP contribution in [-0.2, 0) is 11.2 Å². The van der Waals surface area contributed by atoms with Crippen molar-refractivity contribution in [2.75, 3.05) is 6.54 Å². The van der Waals surface area contributed by atoms with Crippen LogP contribution in [0, 0.1) is 3.57 Å². The van der Waals surface area contributed by atoms with Crippen LogP contribution in [0.4, 0.5) is 0 Å². The minimum Gasteiger partial charge on any atom is -0.464 e. The monoisotopic (exact) mass is 329 g/mol. The summed E-state index contributed by atoms with van der Waals surface area (Å²) >= 11 is 2.28. The van der Waals surface area contributed by atoms with Gasteiger partial charge in [-0.25, -0.2) is 0 Å². The van der Waals surface area contributed by atoms with Gasteiger partial charge in [-0.05, 0) is 52.8 Å². The van der Waals surface area contributed by atoms with Crippen LogP contribution in [0.1, 0.15) is 12.5 Å². The lowest BCUT2D eigenvalue weighted by atomic mass is 10.1. The molecule has 84 valence electrons. The van der Waals surface area contributed by atoms with Crippen molar-refractivity contribution >= 4 is 39.5 Å². The SMILES string of the molecule is CC(=O)NCCc1coc2ccc(I)cc12. The number of fused-ring (bicyclic) bond motifs is 1. The van der Waals surface area contributed by atoms with E-state index in [2.05, 4.69) is 34.0 Å². The molecule has 0 bridgehead atoms. The standard InChI is InChI=1S/C12H12INO2/c1-8(15)14-5-4-9-7-16-12-3-2-10(13)6-11(9)12/h2-3,6-7H,4-5H2,1H3,(H,14,15). The Labute approximate surface area is 107 Å². The van der Waals surface area contributed by atoms with E-state index in [1.54, 1.807) is 6.26 Å². The van der Waals surface area contributed by atoms with E-state index in [0.717, 1.165) is 23.0 Å². The molecular weight excluding hydrogens is 317 g/mol. The molecule has 0 atom stereocenters. The van der Waals surface area contributed by atoms with E-state index in [-0.39, 0.29) is 5.91 Å². The third kappa shape index (κ3) is 2.55. The lowest BCUT2D eigenvalue weighted by Gasteiger charge is -2.00. The van der Waals surface area contributed by atoms with Crippen LogP contribution >= 0.6 is 22.6 Å². The Kier molecular flexibility index (Phi) is 3.48. The molecule has 3 nitrogen and oxygen atoms in total. The molecule has 1 N–H and O–H groups in total. The molecule has 1 amide bonds. The van der Waals surface area contributed by atoms with E-state index in [1.807, 2.05) is 12.1 Å². The van der Waals surface area contributed by atoms with Crippen LogP contribution in [0.25, 0.3) is 11.0 Å². The predicted molar refractivity (Wildman–Crippen MR) is 71.3 cm³/mol. The Morgan fingerprint density at radius 2 is 2.31 bits per heavy atom. The van der Waals surface area contributed by atoms with E-state index < -0.39 is 0 Å². The fraction of sp³-hybridized carbons (Fsp3) is 0.250. The minimum absolute atomic E-state index is 0.00220. The zero-order valence-corrected chi connectivity index (χ0v) is 11.1. The number of hydrogen-bond donors (Lipinski definition) is 1. The molecule has 1 aromatic carbocycles. The Balaban J connectivity index is 2.17. The van der Waals surface area contributed by atoms with Gasteiger partial charge in [-0.1, -0.05) is 0 Å². The number of rotatable bonds is 3. The zero-order valence-electron chi connectivity index (χ0n) is 8.92. The topological polar surface area (TPSA) is 42.2 Å². The maximum Gasteiger partial charge on any atom is 0.216 e. The largest absolute Gasteiger partial charge is 0.464 e. The summed E-state index contributed by atoms with van der Waals surface area (Å²) in [6.45, 7) is 2.17. The molecule has 0 saturated heterocycles. The molecular formula is C12H12INO2. The summed E-state index contributed by atoms with van der Waals surface area (Å²) in [5.74, 6) is 0.00220.